The Hall–Kier alpha value is -0.710. The highest BCUT2D eigenvalue weighted by atomic mass is 35.5. The maximum absolute atomic E-state index is 5.64. The highest BCUT2D eigenvalue weighted by Crippen LogP contribution is 2.28. The fourth-order valence-electron chi connectivity index (χ4n) is 2.33. The van der Waals surface area contributed by atoms with Crippen LogP contribution in [0.2, 0.25) is 5.28 Å². The minimum absolute atomic E-state index is 0.310. The van der Waals surface area contributed by atoms with Gasteiger partial charge in [-0.1, -0.05) is 0 Å². The van der Waals surface area contributed by atoms with Crippen molar-refractivity contribution in [3.8, 4) is 0 Å². The lowest BCUT2D eigenvalue weighted by Crippen LogP contribution is -2.36. The first-order valence-electron chi connectivity index (χ1n) is 5.13. The Balaban J connectivity index is 1.68. The quantitative estimate of drug-likeness (QED) is 0.707. The third-order valence-corrected chi connectivity index (χ3v) is 3.27. The molecule has 15 heavy (non-hydrogen) atoms. The molecule has 0 N–H and O–H groups in total. The van der Waals surface area contributed by atoms with Crippen molar-refractivity contribution in [3.05, 3.63) is 23.2 Å². The van der Waals surface area contributed by atoms with Gasteiger partial charge in [0.1, 0.15) is 0 Å². The highest BCUT2D eigenvalue weighted by Gasteiger charge is 2.38. The van der Waals surface area contributed by atoms with Crippen molar-refractivity contribution in [1.82, 2.24) is 14.9 Å². The molecule has 0 saturated carbocycles. The van der Waals surface area contributed by atoms with Gasteiger partial charge < -0.3 is 4.74 Å². The lowest BCUT2D eigenvalue weighted by atomic mass is 10.2. The van der Waals surface area contributed by atoms with Crippen LogP contribution in [0.1, 0.15) is 12.0 Å². The van der Waals surface area contributed by atoms with Crippen LogP contribution in [0.25, 0.3) is 0 Å². The van der Waals surface area contributed by atoms with Gasteiger partial charge >= 0.3 is 0 Å². The van der Waals surface area contributed by atoms with Crippen molar-refractivity contribution < 1.29 is 4.74 Å². The van der Waals surface area contributed by atoms with E-state index in [0.29, 0.717) is 17.4 Å². The van der Waals surface area contributed by atoms with Crippen molar-refractivity contribution in [2.75, 3.05) is 13.2 Å². The standard InChI is InChI=1S/C10H12ClN3O/c11-10-12-2-7(3-13-10)4-14-5-9-1-8(14)6-15-9/h2-3,8-9H,1,4-6H2/t8-,9-/m0/s1. The van der Waals surface area contributed by atoms with Crippen LogP contribution in [0.3, 0.4) is 0 Å². The second kappa shape index (κ2) is 3.70. The van der Waals surface area contributed by atoms with Gasteiger partial charge in [-0.3, -0.25) is 4.90 Å². The molecule has 0 spiro atoms. The Morgan fingerprint density at radius 3 is 2.87 bits per heavy atom. The molecule has 0 aliphatic carbocycles. The number of nitrogens with zero attached hydrogens (tertiary/aromatic N) is 3. The van der Waals surface area contributed by atoms with E-state index in [4.69, 9.17) is 16.3 Å². The van der Waals surface area contributed by atoms with E-state index >= 15 is 0 Å². The van der Waals surface area contributed by atoms with Gasteiger partial charge in [0.15, 0.2) is 0 Å². The van der Waals surface area contributed by atoms with Crippen molar-refractivity contribution in [3.63, 3.8) is 0 Å². The molecule has 2 atom stereocenters. The number of fused-ring (bicyclic) bond motifs is 2. The highest BCUT2D eigenvalue weighted by molar-refractivity contribution is 6.28. The first-order valence-corrected chi connectivity index (χ1v) is 5.51. The van der Waals surface area contributed by atoms with Crippen molar-refractivity contribution in [1.29, 1.82) is 0 Å². The largest absolute Gasteiger partial charge is 0.375 e. The van der Waals surface area contributed by atoms with Crippen molar-refractivity contribution in [2.24, 2.45) is 0 Å². The second-order valence-electron chi connectivity index (χ2n) is 4.13. The number of ether oxygens (including phenoxy) is 1. The Kier molecular flexibility index (Phi) is 2.35. The monoisotopic (exact) mass is 225 g/mol. The number of aromatic nitrogens is 2. The summed E-state index contributed by atoms with van der Waals surface area (Å²) in [5, 5.41) is 0.310. The molecule has 3 rings (SSSR count). The number of likely N-dealkylation sites (tertiary alicyclic amines) is 1. The molecule has 3 heterocycles. The van der Waals surface area contributed by atoms with E-state index in [0.717, 1.165) is 25.3 Å². The zero-order chi connectivity index (χ0) is 10.3. The predicted molar refractivity (Wildman–Crippen MR) is 55.6 cm³/mol. The van der Waals surface area contributed by atoms with Gasteiger partial charge in [0, 0.05) is 37.1 Å². The van der Waals surface area contributed by atoms with Gasteiger partial charge in [-0.05, 0) is 18.0 Å². The van der Waals surface area contributed by atoms with E-state index in [9.17, 15) is 0 Å². The number of hydrogen-bond donors (Lipinski definition) is 0. The fourth-order valence-corrected chi connectivity index (χ4v) is 2.43. The number of rotatable bonds is 2. The van der Waals surface area contributed by atoms with Gasteiger partial charge in [0.05, 0.1) is 12.7 Å². The molecule has 4 nitrogen and oxygen atoms in total. The van der Waals surface area contributed by atoms with Crippen molar-refractivity contribution >= 4 is 11.6 Å². The minimum Gasteiger partial charge on any atom is -0.375 e. The van der Waals surface area contributed by atoms with Gasteiger partial charge in [-0.15, -0.1) is 0 Å². The zero-order valence-corrected chi connectivity index (χ0v) is 9.02. The van der Waals surface area contributed by atoms with E-state index in [-0.39, 0.29) is 0 Å². The van der Waals surface area contributed by atoms with Crippen LogP contribution in [0.15, 0.2) is 12.4 Å². The summed E-state index contributed by atoms with van der Waals surface area (Å²) in [4.78, 5) is 10.4. The Bertz CT molecular complexity index is 356. The molecule has 2 saturated heterocycles. The lowest BCUT2D eigenvalue weighted by molar-refractivity contribution is 0.0272. The molecule has 2 aliphatic heterocycles. The smallest absolute Gasteiger partial charge is 0.222 e. The summed E-state index contributed by atoms with van der Waals surface area (Å²) >= 11 is 5.64. The minimum atomic E-state index is 0.310. The molecule has 2 fully saturated rings. The Morgan fingerprint density at radius 2 is 2.27 bits per heavy atom. The van der Waals surface area contributed by atoms with Gasteiger partial charge in [0.25, 0.3) is 0 Å². The Morgan fingerprint density at radius 1 is 1.47 bits per heavy atom. The molecular weight excluding hydrogens is 214 g/mol. The molecule has 2 bridgehead atoms. The maximum Gasteiger partial charge on any atom is 0.222 e. The summed E-state index contributed by atoms with van der Waals surface area (Å²) in [6, 6.07) is 0.589. The van der Waals surface area contributed by atoms with Crippen LogP contribution < -0.4 is 0 Å². The summed E-state index contributed by atoms with van der Waals surface area (Å²) in [5.74, 6) is 0. The van der Waals surface area contributed by atoms with E-state index in [1.807, 2.05) is 0 Å². The van der Waals surface area contributed by atoms with Crippen LogP contribution in [-0.2, 0) is 11.3 Å². The molecule has 0 amide bonds. The third-order valence-electron chi connectivity index (χ3n) is 3.07. The second-order valence-corrected chi connectivity index (χ2v) is 4.47. The average Bonchev–Trinajstić information content (AvgIpc) is 2.83. The molecule has 0 aromatic carbocycles. The summed E-state index contributed by atoms with van der Waals surface area (Å²) in [5.41, 5.74) is 1.12. The first-order chi connectivity index (χ1) is 7.31. The van der Waals surface area contributed by atoms with Gasteiger partial charge in [-0.25, -0.2) is 9.97 Å². The molecular formula is C10H12ClN3O. The van der Waals surface area contributed by atoms with Crippen LogP contribution in [-0.4, -0.2) is 40.2 Å². The van der Waals surface area contributed by atoms with E-state index in [1.54, 1.807) is 12.4 Å². The Labute approximate surface area is 93.2 Å². The normalized spacial score (nSPS) is 29.9. The van der Waals surface area contributed by atoms with E-state index < -0.39 is 0 Å². The molecule has 1 aromatic heterocycles. The van der Waals surface area contributed by atoms with Crippen molar-refractivity contribution in [2.45, 2.75) is 25.1 Å². The first kappa shape index (κ1) is 9.51. The molecule has 80 valence electrons. The third kappa shape index (κ3) is 1.85. The fraction of sp³-hybridized carbons (Fsp3) is 0.600. The summed E-state index contributed by atoms with van der Waals surface area (Å²) in [6.45, 7) is 2.81. The molecule has 0 radical (unpaired) electrons. The number of halogens is 1. The number of hydrogen-bond acceptors (Lipinski definition) is 4. The van der Waals surface area contributed by atoms with Crippen LogP contribution in [0, 0.1) is 0 Å². The van der Waals surface area contributed by atoms with Crippen LogP contribution in [0.4, 0.5) is 0 Å². The topological polar surface area (TPSA) is 38.2 Å². The molecule has 1 aromatic rings. The average molecular weight is 226 g/mol. The molecule has 5 heteroatoms. The maximum atomic E-state index is 5.64. The van der Waals surface area contributed by atoms with Crippen LogP contribution >= 0.6 is 11.6 Å². The SMILES string of the molecule is Clc1ncc(CN2C[C@@H]3C[C@H]2CO3)cn1. The lowest BCUT2D eigenvalue weighted by Gasteiger charge is -2.26. The van der Waals surface area contributed by atoms with Gasteiger partial charge in [-0.2, -0.15) is 0 Å². The van der Waals surface area contributed by atoms with E-state index in [2.05, 4.69) is 14.9 Å². The zero-order valence-electron chi connectivity index (χ0n) is 8.27. The van der Waals surface area contributed by atoms with Crippen LogP contribution in [0.5, 0.6) is 0 Å². The predicted octanol–water partition coefficient (Wildman–Crippen LogP) is 1.10. The van der Waals surface area contributed by atoms with Gasteiger partial charge in [0.2, 0.25) is 5.28 Å². The van der Waals surface area contributed by atoms with E-state index in [1.165, 1.54) is 6.42 Å². The summed E-state index contributed by atoms with van der Waals surface area (Å²) in [7, 11) is 0. The molecule has 0 unspecified atom stereocenters. The summed E-state index contributed by atoms with van der Waals surface area (Å²) < 4.78 is 5.54. The summed E-state index contributed by atoms with van der Waals surface area (Å²) in [6.07, 6.45) is 5.21. The number of morpholine rings is 1. The molecule has 2 aliphatic rings.